The molecule has 0 amide bonds. The van der Waals surface area contributed by atoms with Crippen molar-refractivity contribution >= 4 is 30.1 Å². The Morgan fingerprint density at radius 2 is 1.96 bits per heavy atom. The van der Waals surface area contributed by atoms with Gasteiger partial charge in [0.2, 0.25) is 0 Å². The SMILES string of the molecule is Cc1ccccc1Sc1ccc(C2CN(CCC(=O)O)CCO2)cc1.Cl. The van der Waals surface area contributed by atoms with Crippen LogP contribution in [-0.2, 0) is 9.53 Å². The summed E-state index contributed by atoms with van der Waals surface area (Å²) in [5, 5.41) is 8.84. The number of carboxylic acid groups (broad SMARTS) is 1. The summed E-state index contributed by atoms with van der Waals surface area (Å²) in [7, 11) is 0. The van der Waals surface area contributed by atoms with Crippen LogP contribution in [0.2, 0.25) is 0 Å². The van der Waals surface area contributed by atoms with Crippen LogP contribution >= 0.6 is 24.2 Å². The van der Waals surface area contributed by atoms with Gasteiger partial charge < -0.3 is 9.84 Å². The maximum atomic E-state index is 10.7. The summed E-state index contributed by atoms with van der Waals surface area (Å²) in [6.45, 7) is 4.89. The average Bonchev–Trinajstić information content (AvgIpc) is 2.63. The third-order valence-corrected chi connectivity index (χ3v) is 5.55. The predicted molar refractivity (Wildman–Crippen MR) is 106 cm³/mol. The number of rotatable bonds is 6. The van der Waals surface area contributed by atoms with Gasteiger partial charge in [-0.3, -0.25) is 9.69 Å². The van der Waals surface area contributed by atoms with Crippen molar-refractivity contribution < 1.29 is 14.6 Å². The van der Waals surface area contributed by atoms with Gasteiger partial charge in [-0.15, -0.1) is 12.4 Å². The van der Waals surface area contributed by atoms with Gasteiger partial charge in [0.05, 0.1) is 19.1 Å². The second-order valence-electron chi connectivity index (χ2n) is 6.24. The number of carbonyl (C=O) groups is 1. The Balaban J connectivity index is 0.00000243. The molecule has 140 valence electrons. The monoisotopic (exact) mass is 393 g/mol. The van der Waals surface area contributed by atoms with Gasteiger partial charge in [-0.25, -0.2) is 0 Å². The number of aliphatic carboxylic acids is 1. The number of hydrogen-bond acceptors (Lipinski definition) is 4. The van der Waals surface area contributed by atoms with Crippen molar-refractivity contribution in [3.8, 4) is 0 Å². The Morgan fingerprint density at radius 3 is 2.65 bits per heavy atom. The van der Waals surface area contributed by atoms with Gasteiger partial charge in [0.1, 0.15) is 0 Å². The molecule has 0 aliphatic carbocycles. The molecule has 1 aliphatic heterocycles. The molecule has 1 atom stereocenters. The van der Waals surface area contributed by atoms with Crippen molar-refractivity contribution in [3.05, 3.63) is 59.7 Å². The van der Waals surface area contributed by atoms with Gasteiger partial charge in [0.25, 0.3) is 0 Å². The first-order valence-corrected chi connectivity index (χ1v) is 9.32. The third-order valence-electron chi connectivity index (χ3n) is 4.37. The van der Waals surface area contributed by atoms with Crippen molar-refractivity contribution in [2.45, 2.75) is 29.2 Å². The van der Waals surface area contributed by atoms with E-state index in [0.29, 0.717) is 13.2 Å². The first-order chi connectivity index (χ1) is 12.1. The lowest BCUT2D eigenvalue weighted by atomic mass is 10.1. The Morgan fingerprint density at radius 1 is 1.23 bits per heavy atom. The van der Waals surface area contributed by atoms with Gasteiger partial charge in [0, 0.05) is 29.4 Å². The third kappa shape index (κ3) is 5.74. The maximum absolute atomic E-state index is 10.7. The van der Waals surface area contributed by atoms with Gasteiger partial charge in [-0.1, -0.05) is 42.1 Å². The smallest absolute Gasteiger partial charge is 0.304 e. The van der Waals surface area contributed by atoms with Gasteiger partial charge in [-0.05, 0) is 36.2 Å². The van der Waals surface area contributed by atoms with E-state index in [1.807, 2.05) is 0 Å². The molecule has 0 spiro atoms. The van der Waals surface area contributed by atoms with Crippen molar-refractivity contribution in [3.63, 3.8) is 0 Å². The number of morpholine rings is 1. The van der Waals surface area contributed by atoms with Crippen molar-refractivity contribution in [2.75, 3.05) is 26.2 Å². The highest BCUT2D eigenvalue weighted by molar-refractivity contribution is 7.99. The Kier molecular flexibility index (Phi) is 7.97. The van der Waals surface area contributed by atoms with Crippen LogP contribution in [0, 0.1) is 6.92 Å². The summed E-state index contributed by atoms with van der Waals surface area (Å²) in [5.41, 5.74) is 2.43. The number of hydrogen-bond donors (Lipinski definition) is 1. The molecule has 1 saturated heterocycles. The molecule has 26 heavy (non-hydrogen) atoms. The zero-order valence-electron chi connectivity index (χ0n) is 14.8. The van der Waals surface area contributed by atoms with Crippen molar-refractivity contribution in [1.29, 1.82) is 0 Å². The molecular formula is C20H24ClNO3S. The fourth-order valence-electron chi connectivity index (χ4n) is 2.91. The summed E-state index contributed by atoms with van der Waals surface area (Å²) in [6.07, 6.45) is 0.193. The minimum atomic E-state index is -0.749. The molecule has 0 radical (unpaired) electrons. The largest absolute Gasteiger partial charge is 0.481 e. The Bertz CT molecular complexity index is 723. The summed E-state index contributed by atoms with van der Waals surface area (Å²) in [5.74, 6) is -0.749. The van der Waals surface area contributed by atoms with Crippen LogP contribution in [0.1, 0.15) is 23.7 Å². The predicted octanol–water partition coefficient (Wildman–Crippen LogP) is 4.42. The van der Waals surface area contributed by atoms with E-state index in [1.165, 1.54) is 15.4 Å². The number of halogens is 1. The number of benzene rings is 2. The molecule has 4 nitrogen and oxygen atoms in total. The molecule has 0 aromatic heterocycles. The lowest BCUT2D eigenvalue weighted by Crippen LogP contribution is -2.39. The Hall–Kier alpha value is -1.53. The second-order valence-corrected chi connectivity index (χ2v) is 7.36. The highest BCUT2D eigenvalue weighted by atomic mass is 35.5. The van der Waals surface area contributed by atoms with Crippen LogP contribution in [0.4, 0.5) is 0 Å². The second kappa shape index (κ2) is 9.97. The highest BCUT2D eigenvalue weighted by Crippen LogP contribution is 2.31. The van der Waals surface area contributed by atoms with E-state index in [-0.39, 0.29) is 24.9 Å². The van der Waals surface area contributed by atoms with E-state index >= 15 is 0 Å². The number of ether oxygens (including phenoxy) is 1. The fourth-order valence-corrected chi connectivity index (χ4v) is 3.81. The highest BCUT2D eigenvalue weighted by Gasteiger charge is 2.22. The molecule has 0 saturated carbocycles. The molecule has 1 fully saturated rings. The minimum absolute atomic E-state index is 0. The first-order valence-electron chi connectivity index (χ1n) is 8.51. The molecule has 1 unspecified atom stereocenters. The molecule has 3 rings (SSSR count). The standard InChI is InChI=1S/C20H23NO3S.ClH/c1-15-4-2-3-5-19(15)25-17-8-6-16(7-9-17)18-14-21(12-13-24-18)11-10-20(22)23;/h2-9,18H,10-14H2,1H3,(H,22,23);1H. The molecule has 1 heterocycles. The zero-order valence-corrected chi connectivity index (χ0v) is 16.4. The van der Waals surface area contributed by atoms with Crippen molar-refractivity contribution in [1.82, 2.24) is 4.90 Å². The topological polar surface area (TPSA) is 49.8 Å². The lowest BCUT2D eigenvalue weighted by molar-refractivity contribution is -0.137. The number of aryl methyl sites for hydroxylation is 1. The summed E-state index contributed by atoms with van der Waals surface area (Å²) >= 11 is 1.76. The number of carboxylic acids is 1. The zero-order chi connectivity index (χ0) is 17.6. The number of nitrogens with zero attached hydrogens (tertiary/aromatic N) is 1. The quantitative estimate of drug-likeness (QED) is 0.787. The lowest BCUT2D eigenvalue weighted by Gasteiger charge is -2.32. The maximum Gasteiger partial charge on any atom is 0.304 e. The summed E-state index contributed by atoms with van der Waals surface area (Å²) in [4.78, 5) is 15.4. The summed E-state index contributed by atoms with van der Waals surface area (Å²) in [6, 6.07) is 16.9. The fraction of sp³-hybridized carbons (Fsp3) is 0.350. The molecule has 1 aliphatic rings. The normalized spacial score (nSPS) is 17.5. The van der Waals surface area contributed by atoms with Crippen LogP contribution < -0.4 is 0 Å². The molecule has 0 bridgehead atoms. The van der Waals surface area contributed by atoms with Crippen LogP contribution in [-0.4, -0.2) is 42.2 Å². The van der Waals surface area contributed by atoms with Gasteiger partial charge in [0.15, 0.2) is 0 Å². The molecule has 1 N–H and O–H groups in total. The van der Waals surface area contributed by atoms with Crippen LogP contribution in [0.5, 0.6) is 0 Å². The van der Waals surface area contributed by atoms with E-state index in [1.54, 1.807) is 11.8 Å². The molecule has 6 heteroatoms. The Labute approximate surface area is 165 Å². The van der Waals surface area contributed by atoms with Gasteiger partial charge >= 0.3 is 5.97 Å². The van der Waals surface area contributed by atoms with E-state index in [4.69, 9.17) is 9.84 Å². The average molecular weight is 394 g/mol. The van der Waals surface area contributed by atoms with Gasteiger partial charge in [-0.2, -0.15) is 0 Å². The van der Waals surface area contributed by atoms with Crippen molar-refractivity contribution in [2.24, 2.45) is 0 Å². The van der Waals surface area contributed by atoms with E-state index < -0.39 is 5.97 Å². The molecular weight excluding hydrogens is 370 g/mol. The molecule has 2 aromatic rings. The molecule has 2 aromatic carbocycles. The minimum Gasteiger partial charge on any atom is -0.481 e. The van der Waals surface area contributed by atoms with Crippen LogP contribution in [0.3, 0.4) is 0 Å². The van der Waals surface area contributed by atoms with E-state index in [2.05, 4.69) is 60.4 Å². The van der Waals surface area contributed by atoms with Crippen LogP contribution in [0.15, 0.2) is 58.3 Å². The first kappa shape index (κ1) is 20.8. The summed E-state index contributed by atoms with van der Waals surface area (Å²) < 4.78 is 5.88. The van der Waals surface area contributed by atoms with E-state index in [0.717, 1.165) is 18.7 Å². The van der Waals surface area contributed by atoms with E-state index in [9.17, 15) is 4.79 Å². The van der Waals surface area contributed by atoms with Crippen LogP contribution in [0.25, 0.3) is 0 Å².